The molecule has 0 atom stereocenters. The van der Waals surface area contributed by atoms with Crippen LogP contribution in [0.25, 0.3) is 17.0 Å². The lowest BCUT2D eigenvalue weighted by Crippen LogP contribution is -2.49. The van der Waals surface area contributed by atoms with Crippen LogP contribution in [0, 0.1) is 0 Å². The Hall–Kier alpha value is -4.51. The summed E-state index contributed by atoms with van der Waals surface area (Å²) in [5.74, 6) is 1.45. The summed E-state index contributed by atoms with van der Waals surface area (Å²) in [5, 5.41) is 0.818. The van der Waals surface area contributed by atoms with Crippen molar-refractivity contribution in [3.63, 3.8) is 0 Å². The summed E-state index contributed by atoms with van der Waals surface area (Å²) in [6.45, 7) is 9.69. The van der Waals surface area contributed by atoms with E-state index in [-0.39, 0.29) is 17.7 Å². The van der Waals surface area contributed by atoms with E-state index in [4.69, 9.17) is 24.7 Å². The number of nitrogens with zero attached hydrogens (tertiary/aromatic N) is 3. The predicted molar refractivity (Wildman–Crippen MR) is 172 cm³/mol. The highest BCUT2D eigenvalue weighted by atomic mass is 16.6. The zero-order chi connectivity index (χ0) is 32.1. The fraction of sp³-hybridized carbons (Fsp3) is 0.441. The Labute approximate surface area is 263 Å². The molecular weight excluding hydrogens is 576 g/mol. The highest BCUT2D eigenvalue weighted by molar-refractivity contribution is 5.95. The minimum absolute atomic E-state index is 0.00607. The first-order valence-corrected chi connectivity index (χ1v) is 15.3. The molecule has 1 saturated heterocycles. The van der Waals surface area contributed by atoms with Crippen molar-refractivity contribution in [3.05, 3.63) is 70.0 Å². The highest BCUT2D eigenvalue weighted by Crippen LogP contribution is 2.32. The van der Waals surface area contributed by atoms with Gasteiger partial charge < -0.3 is 39.0 Å². The fourth-order valence-corrected chi connectivity index (χ4v) is 5.80. The van der Waals surface area contributed by atoms with Gasteiger partial charge in [-0.25, -0.2) is 4.79 Å². The third-order valence-corrected chi connectivity index (χ3v) is 8.00. The van der Waals surface area contributed by atoms with Crippen molar-refractivity contribution in [3.8, 4) is 17.2 Å². The number of fused-ring (bicyclic) bond motifs is 2. The molecular formula is C34H42N4O7. The molecule has 2 aromatic carbocycles. The molecule has 11 heteroatoms. The molecule has 1 fully saturated rings. The number of benzene rings is 2. The molecule has 2 N–H and O–H groups in total. The van der Waals surface area contributed by atoms with Crippen LogP contribution in [0.15, 0.2) is 53.3 Å². The summed E-state index contributed by atoms with van der Waals surface area (Å²) in [6, 6.07) is 12.8. The van der Waals surface area contributed by atoms with Crippen LogP contribution < -0.4 is 25.5 Å². The van der Waals surface area contributed by atoms with Crippen molar-refractivity contribution in [2.75, 3.05) is 40.0 Å². The zero-order valence-electron chi connectivity index (χ0n) is 26.4. The average Bonchev–Trinajstić information content (AvgIpc) is 3.01. The number of carbonyl (C=O) groups is 2. The Morgan fingerprint density at radius 3 is 2.44 bits per heavy atom. The monoisotopic (exact) mass is 618 g/mol. The van der Waals surface area contributed by atoms with Gasteiger partial charge in [-0.2, -0.15) is 0 Å². The smallest absolute Gasteiger partial charge is 0.410 e. The van der Waals surface area contributed by atoms with Crippen molar-refractivity contribution < 1.29 is 28.5 Å². The van der Waals surface area contributed by atoms with Crippen LogP contribution in [0.2, 0.25) is 0 Å². The van der Waals surface area contributed by atoms with Gasteiger partial charge in [-0.05, 0) is 75.1 Å². The SMILES string of the molecule is COc1ccc2c(C=CC(N)=O)cc(=O)n(CCN3CCC(N(Cc4ccc5c(c4)OCCO5)C(=O)OC(C)(C)C)CC3)c2c1. The number of hydrogen-bond donors (Lipinski definition) is 1. The number of amides is 2. The van der Waals surface area contributed by atoms with Gasteiger partial charge in [0.25, 0.3) is 5.56 Å². The third kappa shape index (κ3) is 7.96. The van der Waals surface area contributed by atoms with Crippen LogP contribution in [0.3, 0.4) is 0 Å². The van der Waals surface area contributed by atoms with Crippen molar-refractivity contribution in [2.45, 2.75) is 58.3 Å². The van der Waals surface area contributed by atoms with Crippen molar-refractivity contribution >= 4 is 29.0 Å². The lowest BCUT2D eigenvalue weighted by Gasteiger charge is -2.39. The van der Waals surface area contributed by atoms with Crippen molar-refractivity contribution in [1.82, 2.24) is 14.4 Å². The van der Waals surface area contributed by atoms with E-state index in [1.54, 1.807) is 17.8 Å². The van der Waals surface area contributed by atoms with E-state index in [1.807, 2.05) is 62.1 Å². The first-order chi connectivity index (χ1) is 21.5. The molecule has 0 radical (unpaired) electrons. The number of pyridine rings is 1. The second-order valence-electron chi connectivity index (χ2n) is 12.4. The molecule has 3 heterocycles. The Morgan fingerprint density at radius 1 is 1.02 bits per heavy atom. The van der Waals surface area contributed by atoms with Crippen molar-refractivity contribution in [1.29, 1.82) is 0 Å². The predicted octanol–water partition coefficient (Wildman–Crippen LogP) is 4.18. The van der Waals surface area contributed by atoms with Gasteiger partial charge in [0.1, 0.15) is 24.6 Å². The van der Waals surface area contributed by atoms with Gasteiger partial charge in [-0.3, -0.25) is 9.59 Å². The zero-order valence-corrected chi connectivity index (χ0v) is 26.4. The average molecular weight is 619 g/mol. The van der Waals surface area contributed by atoms with Gasteiger partial charge in [0.05, 0.1) is 12.6 Å². The van der Waals surface area contributed by atoms with Crippen LogP contribution >= 0.6 is 0 Å². The molecule has 0 unspecified atom stereocenters. The molecule has 2 amide bonds. The van der Waals surface area contributed by atoms with Crippen LogP contribution in [0.5, 0.6) is 17.2 Å². The second-order valence-corrected chi connectivity index (χ2v) is 12.4. The molecule has 3 aromatic rings. The largest absolute Gasteiger partial charge is 0.497 e. The molecule has 5 rings (SSSR count). The highest BCUT2D eigenvalue weighted by Gasteiger charge is 2.31. The van der Waals surface area contributed by atoms with Gasteiger partial charge in [-0.15, -0.1) is 0 Å². The number of ether oxygens (including phenoxy) is 4. The van der Waals surface area contributed by atoms with Gasteiger partial charge >= 0.3 is 6.09 Å². The number of aromatic nitrogens is 1. The molecule has 0 bridgehead atoms. The van der Waals surface area contributed by atoms with Crippen LogP contribution in [-0.2, 0) is 22.6 Å². The van der Waals surface area contributed by atoms with Gasteiger partial charge in [0.2, 0.25) is 5.91 Å². The number of hydrogen-bond acceptors (Lipinski definition) is 8. The minimum Gasteiger partial charge on any atom is -0.497 e. The van der Waals surface area contributed by atoms with E-state index in [1.165, 1.54) is 12.1 Å². The molecule has 0 saturated carbocycles. The maximum atomic E-state index is 13.4. The van der Waals surface area contributed by atoms with E-state index in [9.17, 15) is 14.4 Å². The number of nitrogens with two attached hydrogens (primary N) is 1. The number of methoxy groups -OCH3 is 1. The van der Waals surface area contributed by atoms with E-state index < -0.39 is 11.5 Å². The normalized spacial score (nSPS) is 15.7. The van der Waals surface area contributed by atoms with E-state index in [0.29, 0.717) is 55.7 Å². The summed E-state index contributed by atoms with van der Waals surface area (Å²) in [7, 11) is 1.58. The van der Waals surface area contributed by atoms with Crippen LogP contribution in [-0.4, -0.2) is 78.0 Å². The molecule has 2 aliphatic rings. The first-order valence-electron chi connectivity index (χ1n) is 15.3. The number of primary amides is 1. The number of likely N-dealkylation sites (tertiary alicyclic amines) is 1. The molecule has 2 aliphatic heterocycles. The Morgan fingerprint density at radius 2 is 1.76 bits per heavy atom. The molecule has 1 aromatic heterocycles. The molecule has 45 heavy (non-hydrogen) atoms. The lowest BCUT2D eigenvalue weighted by molar-refractivity contribution is -0.113. The number of carbonyl (C=O) groups excluding carboxylic acids is 2. The van der Waals surface area contributed by atoms with Gasteiger partial charge in [0.15, 0.2) is 11.5 Å². The number of piperidine rings is 1. The van der Waals surface area contributed by atoms with Crippen LogP contribution in [0.1, 0.15) is 44.7 Å². The van der Waals surface area contributed by atoms with E-state index in [0.717, 1.165) is 42.4 Å². The summed E-state index contributed by atoms with van der Waals surface area (Å²) in [4.78, 5) is 42.1. The van der Waals surface area contributed by atoms with E-state index in [2.05, 4.69) is 4.90 Å². The minimum atomic E-state index is -0.618. The summed E-state index contributed by atoms with van der Waals surface area (Å²) < 4.78 is 24.4. The second kappa shape index (κ2) is 13.6. The van der Waals surface area contributed by atoms with Crippen LogP contribution in [0.4, 0.5) is 4.79 Å². The Bertz CT molecular complexity index is 1630. The summed E-state index contributed by atoms with van der Waals surface area (Å²) >= 11 is 0. The van der Waals surface area contributed by atoms with Gasteiger partial charge in [-0.1, -0.05) is 6.07 Å². The number of rotatable bonds is 9. The van der Waals surface area contributed by atoms with E-state index >= 15 is 0 Å². The fourth-order valence-electron chi connectivity index (χ4n) is 5.80. The topological polar surface area (TPSA) is 126 Å². The summed E-state index contributed by atoms with van der Waals surface area (Å²) in [6.07, 6.45) is 4.01. The summed E-state index contributed by atoms with van der Waals surface area (Å²) in [5.41, 5.74) is 6.78. The molecule has 240 valence electrons. The first kappa shape index (κ1) is 31.9. The molecule has 0 aliphatic carbocycles. The lowest BCUT2D eigenvalue weighted by atomic mass is 10.0. The van der Waals surface area contributed by atoms with Crippen molar-refractivity contribution in [2.24, 2.45) is 5.73 Å². The molecule has 0 spiro atoms. The maximum Gasteiger partial charge on any atom is 0.410 e. The molecule has 11 nitrogen and oxygen atoms in total. The third-order valence-electron chi connectivity index (χ3n) is 8.00. The quantitative estimate of drug-likeness (QED) is 0.354. The Balaban J connectivity index is 1.29. The standard InChI is InChI=1S/C34H42N4O7/c1-34(2,3)45-33(41)38(22-23-5-9-29-30(19-23)44-18-17-43-29)25-11-13-36(14-12-25)15-16-37-28-21-26(42-4)7-8-27(28)24(20-32(37)40)6-10-31(35)39/h5-10,19-21,25H,11-18,22H2,1-4H3,(H2,35,39). The van der Waals surface area contributed by atoms with Gasteiger partial charge in [0, 0.05) is 62.4 Å². The maximum absolute atomic E-state index is 13.4. The Kier molecular flexibility index (Phi) is 9.67.